The number of hydrogen-bond donors (Lipinski definition) is 5. The summed E-state index contributed by atoms with van der Waals surface area (Å²) >= 11 is 0. The number of morpholine rings is 1. The number of phenolic OH excluding ortho intramolecular Hbond substituents is 1. The van der Waals surface area contributed by atoms with Crippen LogP contribution in [0.5, 0.6) is 5.75 Å². The molecule has 1 aliphatic heterocycles. The number of primary amides is 1. The van der Waals surface area contributed by atoms with Gasteiger partial charge in [-0.15, -0.1) is 0 Å². The number of aliphatic hydroxyl groups excluding tert-OH is 2. The van der Waals surface area contributed by atoms with Crippen molar-refractivity contribution in [3.63, 3.8) is 0 Å². The Morgan fingerprint density at radius 3 is 2.44 bits per heavy atom. The Kier molecular flexibility index (Phi) is 5.62. The van der Waals surface area contributed by atoms with Crippen molar-refractivity contribution in [2.45, 2.75) is 24.5 Å². The van der Waals surface area contributed by atoms with Crippen LogP contribution in [0.1, 0.15) is 17.5 Å². The first-order valence-electron chi connectivity index (χ1n) is 11.8. The number of aromatic hydroxyl groups is 1. The van der Waals surface area contributed by atoms with Crippen molar-refractivity contribution in [3.8, 4) is 5.75 Å². The molecule has 1 saturated carbocycles. The zero-order valence-corrected chi connectivity index (χ0v) is 20.0. The summed E-state index contributed by atoms with van der Waals surface area (Å²) in [6, 6.07) is 2.45. The molecule has 1 heterocycles. The molecule has 3 aliphatic carbocycles. The van der Waals surface area contributed by atoms with Gasteiger partial charge in [0.1, 0.15) is 22.8 Å². The molecular formula is C25H29N3O8. The number of nitrogens with two attached hydrogens (primary N) is 1. The van der Waals surface area contributed by atoms with Crippen LogP contribution in [0, 0.1) is 11.8 Å². The second kappa shape index (κ2) is 8.32. The van der Waals surface area contributed by atoms with Gasteiger partial charge >= 0.3 is 0 Å². The van der Waals surface area contributed by atoms with Gasteiger partial charge in [0.15, 0.2) is 11.4 Å². The number of phenols is 1. The maximum atomic E-state index is 13.8. The molecule has 0 spiro atoms. The Bertz CT molecular complexity index is 1250. The number of rotatable bonds is 3. The molecule has 0 aromatic heterocycles. The van der Waals surface area contributed by atoms with E-state index in [9.17, 15) is 34.8 Å². The van der Waals surface area contributed by atoms with Gasteiger partial charge in [-0.05, 0) is 44.5 Å². The van der Waals surface area contributed by atoms with Crippen molar-refractivity contribution >= 4 is 28.9 Å². The normalized spacial score (nSPS) is 30.3. The van der Waals surface area contributed by atoms with Crippen LogP contribution >= 0.6 is 0 Å². The smallest absolute Gasteiger partial charge is 0.255 e. The SMILES string of the molecule is CN(C)[C@H]1C(=O)C(C(N)=O)=C(O)[C@@]2(O)C(=O)C3=C(O)c4c(ccc(N5CCOCC5)c4O)C[C@@H]3C[C@H]12. The Labute approximate surface area is 207 Å². The molecule has 11 heteroatoms. The van der Waals surface area contributed by atoms with Crippen LogP contribution in [-0.2, 0) is 25.5 Å². The van der Waals surface area contributed by atoms with Gasteiger partial charge < -0.3 is 35.8 Å². The summed E-state index contributed by atoms with van der Waals surface area (Å²) in [6.07, 6.45) is 0.337. The topological polar surface area (TPSA) is 174 Å². The summed E-state index contributed by atoms with van der Waals surface area (Å²) in [4.78, 5) is 42.4. The lowest BCUT2D eigenvalue weighted by Gasteiger charge is -2.50. The maximum Gasteiger partial charge on any atom is 0.255 e. The van der Waals surface area contributed by atoms with Crippen LogP contribution in [0.25, 0.3) is 5.76 Å². The highest BCUT2D eigenvalue weighted by atomic mass is 16.5. The van der Waals surface area contributed by atoms with Crippen molar-refractivity contribution in [1.29, 1.82) is 0 Å². The van der Waals surface area contributed by atoms with Crippen molar-refractivity contribution in [3.05, 3.63) is 40.2 Å². The van der Waals surface area contributed by atoms with Gasteiger partial charge in [-0.1, -0.05) is 6.07 Å². The number of aliphatic hydroxyl groups is 3. The van der Waals surface area contributed by atoms with Gasteiger partial charge in [0.25, 0.3) is 5.91 Å². The standard InChI is InChI=1S/C25H29N3O8/c1-27(2)18-13-10-12-9-11-3-4-14(28-5-7-36-8-6-28)19(29)15(11)20(30)16(12)22(32)25(13,35)23(33)17(21(18)31)24(26)34/h3-4,12-13,18,29-30,33,35H,5-10H2,1-2H3,(H2,26,34)/t12-,13-,18-,25+/m1/s1. The molecule has 0 unspecified atom stereocenters. The summed E-state index contributed by atoms with van der Waals surface area (Å²) in [5.74, 6) is -6.48. The first-order valence-corrected chi connectivity index (χ1v) is 11.8. The van der Waals surface area contributed by atoms with E-state index >= 15 is 0 Å². The van der Waals surface area contributed by atoms with E-state index in [-0.39, 0.29) is 29.7 Å². The minimum Gasteiger partial charge on any atom is -0.508 e. The summed E-state index contributed by atoms with van der Waals surface area (Å²) in [5, 5.41) is 44.9. The third-order valence-electron chi connectivity index (χ3n) is 7.92. The summed E-state index contributed by atoms with van der Waals surface area (Å²) in [6.45, 7) is 2.05. The number of ether oxygens (including phenoxy) is 1. The third-order valence-corrected chi connectivity index (χ3v) is 7.92. The van der Waals surface area contributed by atoms with Crippen molar-refractivity contribution < 1.29 is 39.5 Å². The van der Waals surface area contributed by atoms with E-state index in [0.29, 0.717) is 37.6 Å². The second-order valence-corrected chi connectivity index (χ2v) is 10.0. The Balaban J connectivity index is 1.67. The molecule has 0 bridgehead atoms. The number of fused-ring (bicyclic) bond motifs is 3. The Morgan fingerprint density at radius 1 is 1.17 bits per heavy atom. The molecular weight excluding hydrogens is 470 g/mol. The van der Waals surface area contributed by atoms with E-state index < -0.39 is 58.0 Å². The number of carbonyl (C=O) groups excluding carboxylic acids is 3. The highest BCUT2D eigenvalue weighted by Gasteiger charge is 2.64. The van der Waals surface area contributed by atoms with Crippen LogP contribution in [0.3, 0.4) is 0 Å². The minimum atomic E-state index is -2.64. The fraction of sp³-hybridized carbons (Fsp3) is 0.480. The second-order valence-electron chi connectivity index (χ2n) is 10.0. The van der Waals surface area contributed by atoms with Crippen molar-refractivity contribution in [2.24, 2.45) is 17.6 Å². The fourth-order valence-electron chi connectivity index (χ4n) is 6.27. The molecule has 11 nitrogen and oxygen atoms in total. The number of likely N-dealkylation sites (N-methyl/N-ethyl adjacent to an activating group) is 1. The first-order chi connectivity index (χ1) is 17.0. The minimum absolute atomic E-state index is 0.0672. The summed E-state index contributed by atoms with van der Waals surface area (Å²) in [5.41, 5.74) is 2.92. The lowest BCUT2D eigenvalue weighted by Crippen LogP contribution is -2.65. The number of hydrogen-bond acceptors (Lipinski definition) is 10. The molecule has 1 aromatic carbocycles. The van der Waals surface area contributed by atoms with E-state index in [1.165, 1.54) is 4.90 Å². The molecule has 1 saturated heterocycles. The van der Waals surface area contributed by atoms with Gasteiger partial charge in [0.05, 0.1) is 30.5 Å². The zero-order chi connectivity index (χ0) is 26.1. The predicted molar refractivity (Wildman–Crippen MR) is 127 cm³/mol. The van der Waals surface area contributed by atoms with Crippen molar-refractivity contribution in [1.82, 2.24) is 4.90 Å². The highest BCUT2D eigenvalue weighted by molar-refractivity contribution is 6.24. The quantitative estimate of drug-likeness (QED) is 0.350. The first kappa shape index (κ1) is 24.3. The number of ketones is 2. The molecule has 1 amide bonds. The molecule has 0 radical (unpaired) electrons. The zero-order valence-electron chi connectivity index (χ0n) is 20.0. The maximum absolute atomic E-state index is 13.8. The molecule has 4 atom stereocenters. The molecule has 1 aromatic rings. The summed E-state index contributed by atoms with van der Waals surface area (Å²) in [7, 11) is 3.14. The van der Waals surface area contributed by atoms with E-state index in [1.807, 2.05) is 4.90 Å². The van der Waals surface area contributed by atoms with E-state index in [1.54, 1.807) is 26.2 Å². The van der Waals surface area contributed by atoms with E-state index in [4.69, 9.17) is 10.5 Å². The van der Waals surface area contributed by atoms with Crippen LogP contribution in [0.2, 0.25) is 0 Å². The molecule has 5 rings (SSSR count). The van der Waals surface area contributed by atoms with Crippen LogP contribution in [0.4, 0.5) is 5.69 Å². The lowest BCUT2D eigenvalue weighted by atomic mass is 9.57. The highest BCUT2D eigenvalue weighted by Crippen LogP contribution is 2.53. The number of Topliss-reactive ketones (excluding diaryl/α,β-unsaturated/α-hetero) is 2. The van der Waals surface area contributed by atoms with E-state index in [2.05, 4.69) is 0 Å². The summed E-state index contributed by atoms with van der Waals surface area (Å²) < 4.78 is 5.37. The lowest BCUT2D eigenvalue weighted by molar-refractivity contribution is -0.153. The van der Waals surface area contributed by atoms with Gasteiger partial charge in [-0.25, -0.2) is 0 Å². The van der Waals surface area contributed by atoms with Crippen LogP contribution in [0.15, 0.2) is 29.0 Å². The monoisotopic (exact) mass is 499 g/mol. The van der Waals surface area contributed by atoms with Gasteiger partial charge in [0, 0.05) is 24.6 Å². The molecule has 36 heavy (non-hydrogen) atoms. The number of nitrogens with zero attached hydrogens (tertiary/aromatic N) is 2. The van der Waals surface area contributed by atoms with Gasteiger partial charge in [0.2, 0.25) is 5.78 Å². The molecule has 4 aliphatic rings. The third kappa shape index (κ3) is 3.19. The average molecular weight is 500 g/mol. The Morgan fingerprint density at radius 2 is 1.83 bits per heavy atom. The van der Waals surface area contributed by atoms with Gasteiger partial charge in [-0.3, -0.25) is 19.3 Å². The predicted octanol–water partition coefficient (Wildman–Crippen LogP) is -0.199. The molecule has 2 fully saturated rings. The van der Waals surface area contributed by atoms with E-state index in [0.717, 1.165) is 0 Å². The number of carbonyl (C=O) groups is 3. The molecule has 192 valence electrons. The Hall–Kier alpha value is -3.41. The molecule has 6 N–H and O–H groups in total. The fourth-order valence-corrected chi connectivity index (χ4v) is 6.27. The largest absolute Gasteiger partial charge is 0.508 e. The number of anilines is 1. The number of benzene rings is 1. The van der Waals surface area contributed by atoms with Crippen LogP contribution in [-0.4, -0.2) is 94.8 Å². The average Bonchev–Trinajstić information content (AvgIpc) is 2.81. The van der Waals surface area contributed by atoms with Gasteiger partial charge in [-0.2, -0.15) is 0 Å². The van der Waals surface area contributed by atoms with Crippen molar-refractivity contribution in [2.75, 3.05) is 45.3 Å². The van der Waals surface area contributed by atoms with Crippen LogP contribution < -0.4 is 10.6 Å². The number of amides is 1.